The van der Waals surface area contributed by atoms with Gasteiger partial charge in [-0.25, -0.2) is 0 Å². The largest absolute Gasteiger partial charge is 0.366 e. The van der Waals surface area contributed by atoms with Gasteiger partial charge in [0.1, 0.15) is 0 Å². The van der Waals surface area contributed by atoms with E-state index >= 15 is 0 Å². The Bertz CT molecular complexity index is 441. The molecular weight excluding hydrogens is 220 g/mol. The molecule has 1 aliphatic rings. The van der Waals surface area contributed by atoms with Crippen molar-refractivity contribution in [1.29, 1.82) is 5.26 Å². The Morgan fingerprint density at radius 3 is 2.76 bits per heavy atom. The molecule has 5 nitrogen and oxygen atoms in total. The molecule has 1 fully saturated rings. The van der Waals surface area contributed by atoms with Gasteiger partial charge in [0.2, 0.25) is 6.04 Å². The minimum atomic E-state index is -0.822. The van der Waals surface area contributed by atoms with Gasteiger partial charge in [-0.15, -0.1) is 0 Å². The lowest BCUT2D eigenvalue weighted by Crippen LogP contribution is -2.29. The quantitative estimate of drug-likeness (QED) is 0.589. The second kappa shape index (κ2) is 4.93. The Labute approximate surface area is 98.8 Å². The zero-order valence-corrected chi connectivity index (χ0v) is 9.15. The van der Waals surface area contributed by atoms with Gasteiger partial charge in [0.05, 0.1) is 18.6 Å². The van der Waals surface area contributed by atoms with Crippen molar-refractivity contribution in [3.8, 4) is 6.07 Å². The van der Waals surface area contributed by atoms with Gasteiger partial charge >= 0.3 is 0 Å². The summed E-state index contributed by atoms with van der Waals surface area (Å²) in [7, 11) is 0. The van der Waals surface area contributed by atoms with Crippen LogP contribution in [0.2, 0.25) is 0 Å². The molecule has 0 N–H and O–H groups in total. The van der Waals surface area contributed by atoms with E-state index in [0.29, 0.717) is 0 Å². The van der Waals surface area contributed by atoms with E-state index in [9.17, 15) is 10.1 Å². The number of hydrogen-bond acceptors (Lipinski definition) is 4. The van der Waals surface area contributed by atoms with Gasteiger partial charge in [0.15, 0.2) is 6.10 Å². The van der Waals surface area contributed by atoms with Crippen LogP contribution in [0.15, 0.2) is 30.3 Å². The normalized spacial score (nSPS) is 27.6. The Morgan fingerprint density at radius 1 is 1.47 bits per heavy atom. The molecular formula is C12H12N2O3. The van der Waals surface area contributed by atoms with Crippen LogP contribution in [0.4, 0.5) is 0 Å². The van der Waals surface area contributed by atoms with E-state index in [1.807, 2.05) is 36.4 Å². The van der Waals surface area contributed by atoms with Crippen LogP contribution in [0.1, 0.15) is 18.1 Å². The lowest BCUT2D eigenvalue weighted by molar-refractivity contribution is -0.535. The van der Waals surface area contributed by atoms with Crippen molar-refractivity contribution >= 4 is 0 Å². The summed E-state index contributed by atoms with van der Waals surface area (Å²) in [6.45, 7) is 0.277. The molecule has 0 bridgehead atoms. The Hall–Kier alpha value is -1.93. The van der Waals surface area contributed by atoms with E-state index in [4.69, 9.17) is 10.00 Å². The maximum atomic E-state index is 11.1. The maximum absolute atomic E-state index is 11.1. The van der Waals surface area contributed by atoms with Crippen LogP contribution in [0.3, 0.4) is 0 Å². The topological polar surface area (TPSA) is 76.2 Å². The van der Waals surface area contributed by atoms with Crippen LogP contribution in [-0.4, -0.2) is 17.6 Å². The highest BCUT2D eigenvalue weighted by Crippen LogP contribution is 2.35. The lowest BCUT2D eigenvalue weighted by Gasteiger charge is -2.14. The molecule has 0 radical (unpaired) electrons. The molecule has 2 rings (SSSR count). The van der Waals surface area contributed by atoms with Gasteiger partial charge in [0.25, 0.3) is 0 Å². The standard InChI is InChI=1S/C12H12N2O3/c13-7-6-10-8-17-12(11(10)14(15)16)9-4-2-1-3-5-9/h1-5,10-12H,6,8H2/t10-,11+,12+/m0/s1. The highest BCUT2D eigenvalue weighted by molar-refractivity contribution is 5.20. The summed E-state index contributed by atoms with van der Waals surface area (Å²) in [5.41, 5.74) is 0.801. The first-order valence-corrected chi connectivity index (χ1v) is 5.41. The zero-order valence-electron chi connectivity index (χ0n) is 9.15. The van der Waals surface area contributed by atoms with Crippen molar-refractivity contribution in [1.82, 2.24) is 0 Å². The van der Waals surface area contributed by atoms with Gasteiger partial charge in [-0.1, -0.05) is 30.3 Å². The summed E-state index contributed by atoms with van der Waals surface area (Å²) < 4.78 is 5.49. The van der Waals surface area contributed by atoms with Gasteiger partial charge in [-0.2, -0.15) is 5.26 Å². The molecule has 1 aliphatic heterocycles. The van der Waals surface area contributed by atoms with Gasteiger partial charge in [-0.05, 0) is 5.56 Å². The molecule has 1 aromatic rings. The van der Waals surface area contributed by atoms with Crippen LogP contribution in [-0.2, 0) is 4.74 Å². The highest BCUT2D eigenvalue weighted by atomic mass is 16.6. The van der Waals surface area contributed by atoms with Crippen molar-refractivity contribution in [3.63, 3.8) is 0 Å². The third-order valence-electron chi connectivity index (χ3n) is 3.01. The summed E-state index contributed by atoms with van der Waals surface area (Å²) in [6, 6.07) is 10.3. The van der Waals surface area contributed by atoms with Crippen LogP contribution in [0.25, 0.3) is 0 Å². The van der Waals surface area contributed by atoms with Crippen LogP contribution < -0.4 is 0 Å². The number of ether oxygens (including phenoxy) is 1. The molecule has 0 aliphatic carbocycles. The zero-order chi connectivity index (χ0) is 12.3. The van der Waals surface area contributed by atoms with Gasteiger partial charge < -0.3 is 4.74 Å². The number of benzene rings is 1. The van der Waals surface area contributed by atoms with E-state index in [1.165, 1.54) is 0 Å². The number of rotatable bonds is 3. The van der Waals surface area contributed by atoms with E-state index < -0.39 is 12.1 Å². The molecule has 17 heavy (non-hydrogen) atoms. The Morgan fingerprint density at radius 2 is 2.18 bits per heavy atom. The third kappa shape index (κ3) is 2.27. The molecule has 1 saturated heterocycles. The fourth-order valence-electron chi connectivity index (χ4n) is 2.19. The molecule has 1 heterocycles. The molecule has 3 atom stereocenters. The Kier molecular flexibility index (Phi) is 3.35. The SMILES string of the molecule is N#CC[C@H]1CO[C@H](c2ccccc2)[C@@H]1[N+](=O)[O-]. The van der Waals surface area contributed by atoms with Crippen LogP contribution >= 0.6 is 0 Å². The summed E-state index contributed by atoms with van der Waals surface area (Å²) in [5.74, 6) is -0.319. The van der Waals surface area contributed by atoms with E-state index in [-0.39, 0.29) is 23.9 Å². The van der Waals surface area contributed by atoms with Crippen molar-refractivity contribution in [2.24, 2.45) is 5.92 Å². The minimum absolute atomic E-state index is 0.162. The van der Waals surface area contributed by atoms with E-state index in [2.05, 4.69) is 0 Å². The smallest absolute Gasteiger partial charge is 0.248 e. The van der Waals surface area contributed by atoms with Crippen LogP contribution in [0.5, 0.6) is 0 Å². The second-order valence-corrected chi connectivity index (χ2v) is 4.06. The van der Waals surface area contributed by atoms with Crippen molar-refractivity contribution in [2.45, 2.75) is 18.6 Å². The predicted octanol–water partition coefficient (Wildman–Crippen LogP) is 1.93. The average molecular weight is 232 g/mol. The number of hydrogen-bond donors (Lipinski definition) is 0. The molecule has 5 heteroatoms. The molecule has 0 saturated carbocycles. The maximum Gasteiger partial charge on any atom is 0.248 e. The summed E-state index contributed by atoms with van der Waals surface area (Å²) in [4.78, 5) is 10.8. The first-order chi connectivity index (χ1) is 8.24. The molecule has 0 amide bonds. The number of nitrogens with zero attached hydrogens (tertiary/aromatic N) is 2. The van der Waals surface area contributed by atoms with Gasteiger partial charge in [0, 0.05) is 11.3 Å². The fraction of sp³-hybridized carbons (Fsp3) is 0.417. The number of nitriles is 1. The Balaban J connectivity index is 2.24. The predicted molar refractivity (Wildman–Crippen MR) is 59.6 cm³/mol. The van der Waals surface area contributed by atoms with Crippen LogP contribution in [0, 0.1) is 27.4 Å². The minimum Gasteiger partial charge on any atom is -0.366 e. The summed E-state index contributed by atoms with van der Waals surface area (Å²) in [5, 5.41) is 19.7. The van der Waals surface area contributed by atoms with Gasteiger partial charge in [-0.3, -0.25) is 10.1 Å². The van der Waals surface area contributed by atoms with E-state index in [1.54, 1.807) is 0 Å². The third-order valence-corrected chi connectivity index (χ3v) is 3.01. The van der Waals surface area contributed by atoms with Crippen molar-refractivity contribution in [2.75, 3.05) is 6.61 Å². The highest BCUT2D eigenvalue weighted by Gasteiger charge is 2.46. The summed E-state index contributed by atoms with van der Waals surface area (Å²) >= 11 is 0. The molecule has 0 spiro atoms. The van der Waals surface area contributed by atoms with Crippen molar-refractivity contribution < 1.29 is 9.66 Å². The van der Waals surface area contributed by atoms with Crippen molar-refractivity contribution in [3.05, 3.63) is 46.0 Å². The average Bonchev–Trinajstić information content (AvgIpc) is 2.74. The molecule has 0 unspecified atom stereocenters. The summed E-state index contributed by atoms with van der Waals surface area (Å²) in [6.07, 6.45) is -0.376. The second-order valence-electron chi connectivity index (χ2n) is 4.06. The number of nitro groups is 1. The first kappa shape index (κ1) is 11.6. The molecule has 0 aromatic heterocycles. The fourth-order valence-corrected chi connectivity index (χ4v) is 2.19. The molecule has 88 valence electrons. The molecule has 1 aromatic carbocycles. The first-order valence-electron chi connectivity index (χ1n) is 5.41. The van der Waals surface area contributed by atoms with E-state index in [0.717, 1.165) is 5.56 Å². The monoisotopic (exact) mass is 232 g/mol. The lowest BCUT2D eigenvalue weighted by atomic mass is 9.93.